The van der Waals surface area contributed by atoms with Crippen molar-refractivity contribution in [3.8, 4) is 22.9 Å². The Morgan fingerprint density at radius 2 is 2.06 bits per heavy atom. The van der Waals surface area contributed by atoms with Crippen LogP contribution in [0.4, 0.5) is 0 Å². The molecule has 1 aromatic heterocycles. The van der Waals surface area contributed by atoms with Crippen molar-refractivity contribution in [2.75, 3.05) is 7.11 Å². The zero-order chi connectivity index (χ0) is 11.5. The third-order valence-electron chi connectivity index (χ3n) is 2.05. The van der Waals surface area contributed by atoms with Crippen LogP contribution in [-0.4, -0.2) is 22.4 Å². The Hall–Kier alpha value is -1.81. The van der Waals surface area contributed by atoms with Crippen molar-refractivity contribution < 1.29 is 9.84 Å². The average Bonchev–Trinajstić information content (AvgIpc) is 2.29. The highest BCUT2D eigenvalue weighted by atomic mass is 35.5. The highest BCUT2D eigenvalue weighted by Crippen LogP contribution is 2.27. The summed E-state index contributed by atoms with van der Waals surface area (Å²) in [4.78, 5) is 0. The van der Waals surface area contributed by atoms with E-state index in [-0.39, 0.29) is 11.6 Å². The number of hydrogen-bond acceptors (Lipinski definition) is 4. The van der Waals surface area contributed by atoms with E-state index in [9.17, 15) is 5.11 Å². The first-order chi connectivity index (χ1) is 7.70. The van der Waals surface area contributed by atoms with Gasteiger partial charge in [-0.1, -0.05) is 23.7 Å². The fourth-order valence-corrected chi connectivity index (χ4v) is 1.52. The van der Waals surface area contributed by atoms with Gasteiger partial charge in [-0.05, 0) is 18.2 Å². The summed E-state index contributed by atoms with van der Waals surface area (Å²) in [5.41, 5.74) is 1.33. The maximum atomic E-state index is 9.34. The molecule has 16 heavy (non-hydrogen) atoms. The molecular weight excluding hydrogens is 228 g/mol. The fraction of sp³-hybridized carbons (Fsp3) is 0.0909. The van der Waals surface area contributed by atoms with Gasteiger partial charge < -0.3 is 9.84 Å². The predicted molar refractivity (Wildman–Crippen MR) is 60.7 cm³/mol. The van der Waals surface area contributed by atoms with Crippen LogP contribution in [0.15, 0.2) is 30.3 Å². The van der Waals surface area contributed by atoms with Gasteiger partial charge in [0.05, 0.1) is 12.8 Å². The zero-order valence-corrected chi connectivity index (χ0v) is 9.27. The fourth-order valence-electron chi connectivity index (χ4n) is 1.30. The summed E-state index contributed by atoms with van der Waals surface area (Å²) < 4.78 is 4.90. The Bertz CT molecular complexity index is 517. The second-order valence-corrected chi connectivity index (χ2v) is 3.54. The lowest BCUT2D eigenvalue weighted by Crippen LogP contribution is -1.93. The van der Waals surface area contributed by atoms with Gasteiger partial charge in [0.15, 0.2) is 0 Å². The molecular formula is C11H9ClN2O2. The number of phenols is 1. The summed E-state index contributed by atoms with van der Waals surface area (Å²) >= 11 is 5.93. The average molecular weight is 237 g/mol. The molecule has 0 saturated carbocycles. The highest BCUT2D eigenvalue weighted by molar-refractivity contribution is 6.32. The molecule has 5 heteroatoms. The molecule has 2 aromatic rings. The summed E-state index contributed by atoms with van der Waals surface area (Å²) in [7, 11) is 1.48. The van der Waals surface area contributed by atoms with Crippen LogP contribution in [0.25, 0.3) is 11.3 Å². The number of aromatic nitrogens is 2. The van der Waals surface area contributed by atoms with Crippen molar-refractivity contribution in [1.29, 1.82) is 0 Å². The van der Waals surface area contributed by atoms with Crippen molar-refractivity contribution in [2.24, 2.45) is 0 Å². The Labute approximate surface area is 97.5 Å². The molecule has 1 heterocycles. The number of phenolic OH excluding ortho intramolecular Hbond substituents is 1. The van der Waals surface area contributed by atoms with E-state index in [2.05, 4.69) is 10.2 Å². The van der Waals surface area contributed by atoms with Gasteiger partial charge >= 0.3 is 0 Å². The Morgan fingerprint density at radius 1 is 1.25 bits per heavy atom. The smallest absolute Gasteiger partial charge is 0.252 e. The third-order valence-corrected chi connectivity index (χ3v) is 2.32. The molecule has 0 aliphatic carbocycles. The summed E-state index contributed by atoms with van der Waals surface area (Å²) in [6, 6.07) is 8.36. The summed E-state index contributed by atoms with van der Waals surface area (Å²) in [6.45, 7) is 0. The van der Waals surface area contributed by atoms with Gasteiger partial charge in [0.2, 0.25) is 0 Å². The van der Waals surface area contributed by atoms with Crippen LogP contribution in [0, 0.1) is 0 Å². The monoisotopic (exact) mass is 236 g/mol. The van der Waals surface area contributed by atoms with Crippen LogP contribution in [0.2, 0.25) is 5.02 Å². The van der Waals surface area contributed by atoms with E-state index in [1.165, 1.54) is 7.11 Å². The van der Waals surface area contributed by atoms with Gasteiger partial charge in [0, 0.05) is 5.56 Å². The molecule has 82 valence electrons. The molecule has 0 fully saturated rings. The number of hydrogen-bond donors (Lipinski definition) is 1. The molecule has 0 aliphatic heterocycles. The van der Waals surface area contributed by atoms with E-state index >= 15 is 0 Å². The van der Waals surface area contributed by atoms with Crippen molar-refractivity contribution >= 4 is 11.6 Å². The molecule has 0 radical (unpaired) electrons. The van der Waals surface area contributed by atoms with E-state index in [0.717, 1.165) is 5.56 Å². The van der Waals surface area contributed by atoms with Crippen LogP contribution < -0.4 is 4.74 Å². The minimum atomic E-state index is 0.172. The Balaban J connectivity index is 2.45. The number of ether oxygens (including phenoxy) is 1. The second-order valence-electron chi connectivity index (χ2n) is 3.14. The molecule has 0 amide bonds. The molecule has 0 saturated heterocycles. The number of halogens is 1. The quantitative estimate of drug-likeness (QED) is 0.871. The molecule has 0 aliphatic rings. The molecule has 4 nitrogen and oxygen atoms in total. The lowest BCUT2D eigenvalue weighted by molar-refractivity contribution is 0.392. The largest absolute Gasteiger partial charge is 0.508 e. The zero-order valence-electron chi connectivity index (χ0n) is 8.51. The number of methoxy groups -OCH3 is 1. The molecule has 1 aromatic carbocycles. The van der Waals surface area contributed by atoms with E-state index < -0.39 is 0 Å². The molecule has 2 rings (SSSR count). The lowest BCUT2D eigenvalue weighted by Gasteiger charge is -2.04. The van der Waals surface area contributed by atoms with E-state index in [0.29, 0.717) is 10.7 Å². The topological polar surface area (TPSA) is 55.2 Å². The van der Waals surface area contributed by atoms with Gasteiger partial charge in [0.25, 0.3) is 5.88 Å². The maximum Gasteiger partial charge on any atom is 0.252 e. The van der Waals surface area contributed by atoms with E-state index in [1.807, 2.05) is 6.07 Å². The lowest BCUT2D eigenvalue weighted by atomic mass is 10.1. The number of aromatic hydroxyl groups is 1. The van der Waals surface area contributed by atoms with Crippen molar-refractivity contribution in [2.45, 2.75) is 0 Å². The Morgan fingerprint density at radius 3 is 2.69 bits per heavy atom. The molecule has 0 bridgehead atoms. The highest BCUT2D eigenvalue weighted by Gasteiger charge is 2.07. The molecule has 0 atom stereocenters. The van der Waals surface area contributed by atoms with Crippen LogP contribution in [0.5, 0.6) is 11.6 Å². The normalized spacial score (nSPS) is 10.1. The second kappa shape index (κ2) is 4.37. The first-order valence-corrected chi connectivity index (χ1v) is 4.95. The standard InChI is InChI=1S/C11H9ClN2O2/c1-16-11-9(12)6-10(13-14-11)7-3-2-4-8(15)5-7/h2-6,15H,1H3. The number of nitrogens with zero attached hydrogens (tertiary/aromatic N) is 2. The number of benzene rings is 1. The minimum Gasteiger partial charge on any atom is -0.508 e. The summed E-state index contributed by atoms with van der Waals surface area (Å²) in [5, 5.41) is 17.5. The summed E-state index contributed by atoms with van der Waals surface area (Å²) in [5.74, 6) is 0.455. The van der Waals surface area contributed by atoms with E-state index in [1.54, 1.807) is 24.3 Å². The molecule has 1 N–H and O–H groups in total. The van der Waals surface area contributed by atoms with Gasteiger partial charge in [-0.3, -0.25) is 0 Å². The van der Waals surface area contributed by atoms with Crippen LogP contribution in [0.3, 0.4) is 0 Å². The van der Waals surface area contributed by atoms with Crippen molar-refractivity contribution in [3.05, 3.63) is 35.4 Å². The van der Waals surface area contributed by atoms with Crippen molar-refractivity contribution in [3.63, 3.8) is 0 Å². The maximum absolute atomic E-state index is 9.34. The van der Waals surface area contributed by atoms with E-state index in [4.69, 9.17) is 16.3 Å². The minimum absolute atomic E-state index is 0.172. The summed E-state index contributed by atoms with van der Waals surface area (Å²) in [6.07, 6.45) is 0. The SMILES string of the molecule is COc1nnc(-c2cccc(O)c2)cc1Cl. The first kappa shape index (κ1) is 10.7. The predicted octanol–water partition coefficient (Wildman–Crippen LogP) is 2.51. The first-order valence-electron chi connectivity index (χ1n) is 4.57. The van der Waals surface area contributed by atoms with Gasteiger partial charge in [0.1, 0.15) is 10.8 Å². The number of rotatable bonds is 2. The van der Waals surface area contributed by atoms with Crippen LogP contribution >= 0.6 is 11.6 Å². The van der Waals surface area contributed by atoms with Gasteiger partial charge in [-0.15, -0.1) is 10.2 Å². The van der Waals surface area contributed by atoms with Crippen LogP contribution in [0.1, 0.15) is 0 Å². The van der Waals surface area contributed by atoms with Crippen molar-refractivity contribution in [1.82, 2.24) is 10.2 Å². The van der Waals surface area contributed by atoms with Gasteiger partial charge in [-0.25, -0.2) is 0 Å². The Kier molecular flexibility index (Phi) is 2.92. The van der Waals surface area contributed by atoms with Crippen LogP contribution in [-0.2, 0) is 0 Å². The van der Waals surface area contributed by atoms with Gasteiger partial charge in [-0.2, -0.15) is 0 Å². The molecule has 0 spiro atoms. The third kappa shape index (κ3) is 2.06. The molecule has 0 unspecified atom stereocenters.